The van der Waals surface area contributed by atoms with E-state index in [0.29, 0.717) is 46.9 Å². The van der Waals surface area contributed by atoms with Crippen LogP contribution in [0.5, 0.6) is 11.5 Å². The summed E-state index contributed by atoms with van der Waals surface area (Å²) in [6, 6.07) is 9.14. The van der Waals surface area contributed by atoms with Gasteiger partial charge in [0.25, 0.3) is 5.89 Å². The van der Waals surface area contributed by atoms with Crippen LogP contribution in [0.2, 0.25) is 0 Å². The Labute approximate surface area is 188 Å². The summed E-state index contributed by atoms with van der Waals surface area (Å²) in [6.07, 6.45) is 0.621. The highest BCUT2D eigenvalue weighted by Crippen LogP contribution is 2.33. The fourth-order valence-corrected chi connectivity index (χ4v) is 3.19. The molecule has 0 unspecified atom stereocenters. The van der Waals surface area contributed by atoms with Crippen LogP contribution in [-0.2, 0) is 0 Å². The van der Waals surface area contributed by atoms with Crippen LogP contribution in [0.25, 0.3) is 22.4 Å². The first-order chi connectivity index (χ1) is 16.0. The molecule has 0 amide bonds. The summed E-state index contributed by atoms with van der Waals surface area (Å²) >= 11 is 0. The van der Waals surface area contributed by atoms with Gasteiger partial charge >= 0.3 is 0 Å². The molecule has 0 saturated heterocycles. The van der Waals surface area contributed by atoms with Crippen molar-refractivity contribution in [2.45, 2.75) is 12.8 Å². The average Bonchev–Trinajstić information content (AvgIpc) is 3.31. The number of Topliss-reactive ketones (excluding diaryl/α,β-unsaturated/α-hetero) is 1. The van der Waals surface area contributed by atoms with Crippen molar-refractivity contribution in [3.63, 3.8) is 0 Å². The highest BCUT2D eigenvalue weighted by atomic mass is 19.1. The number of hydrogen-bond donors (Lipinski definition) is 2. The summed E-state index contributed by atoms with van der Waals surface area (Å²) in [7, 11) is 3.07. The molecule has 0 aliphatic carbocycles. The van der Waals surface area contributed by atoms with Crippen molar-refractivity contribution in [1.29, 1.82) is 0 Å². The predicted octanol–water partition coefficient (Wildman–Crippen LogP) is 3.49. The molecule has 2 aromatic carbocycles. The Hall–Kier alpha value is -4.28. The van der Waals surface area contributed by atoms with Gasteiger partial charge in [0.1, 0.15) is 11.6 Å². The summed E-state index contributed by atoms with van der Waals surface area (Å²) in [6.45, 7) is 0.412. The Morgan fingerprint density at radius 3 is 2.67 bits per heavy atom. The molecule has 0 fully saturated rings. The lowest BCUT2D eigenvalue weighted by Gasteiger charge is -2.11. The molecule has 4 aromatic rings. The molecule has 0 radical (unpaired) electrons. The zero-order valence-corrected chi connectivity index (χ0v) is 18.0. The van der Waals surface area contributed by atoms with Gasteiger partial charge in [0, 0.05) is 30.0 Å². The van der Waals surface area contributed by atoms with Crippen LogP contribution >= 0.6 is 0 Å². The predicted molar refractivity (Wildman–Crippen MR) is 119 cm³/mol. The van der Waals surface area contributed by atoms with E-state index in [1.54, 1.807) is 18.2 Å². The second-order valence-electron chi connectivity index (χ2n) is 7.03. The fourth-order valence-electron chi connectivity index (χ4n) is 3.19. The molecule has 3 N–H and O–H groups in total. The summed E-state index contributed by atoms with van der Waals surface area (Å²) in [5.41, 5.74) is 7.07. The Balaban J connectivity index is 1.36. The molecule has 0 spiro atoms. The van der Waals surface area contributed by atoms with Gasteiger partial charge in [0.05, 0.1) is 19.7 Å². The Kier molecular flexibility index (Phi) is 6.29. The first-order valence-electron chi connectivity index (χ1n) is 10.0. The van der Waals surface area contributed by atoms with Crippen LogP contribution < -0.4 is 20.5 Å². The van der Waals surface area contributed by atoms with Gasteiger partial charge in [-0.1, -0.05) is 6.07 Å². The molecule has 170 valence electrons. The number of rotatable bonds is 9. The molecular formula is C22H21FN6O4. The maximum atomic E-state index is 13.4. The second-order valence-corrected chi connectivity index (χ2v) is 7.03. The normalized spacial score (nSPS) is 10.9. The van der Waals surface area contributed by atoms with Crippen LogP contribution in [0, 0.1) is 5.82 Å². The highest BCUT2D eigenvalue weighted by molar-refractivity contribution is 5.92. The molecular weight excluding hydrogens is 431 g/mol. The number of methoxy groups -OCH3 is 2. The maximum Gasteiger partial charge on any atom is 0.284 e. The fraction of sp³-hybridized carbons (Fsp3) is 0.227. The van der Waals surface area contributed by atoms with Crippen LogP contribution in [0.3, 0.4) is 0 Å². The van der Waals surface area contributed by atoms with Gasteiger partial charge in [-0.15, -0.1) is 10.2 Å². The third-order valence-corrected chi connectivity index (χ3v) is 4.83. The first-order valence-corrected chi connectivity index (χ1v) is 10.0. The minimum Gasteiger partial charge on any atom is -0.493 e. The lowest BCUT2D eigenvalue weighted by atomic mass is 10.2. The van der Waals surface area contributed by atoms with Crippen molar-refractivity contribution in [3.8, 4) is 23.0 Å². The van der Waals surface area contributed by atoms with E-state index in [2.05, 4.69) is 25.5 Å². The van der Waals surface area contributed by atoms with Crippen LogP contribution in [-0.4, -0.2) is 46.7 Å². The van der Waals surface area contributed by atoms with Gasteiger partial charge in [-0.05, 0) is 30.7 Å². The van der Waals surface area contributed by atoms with E-state index >= 15 is 0 Å². The summed E-state index contributed by atoms with van der Waals surface area (Å²) in [5.74, 6) is 0.880. The third-order valence-electron chi connectivity index (χ3n) is 4.83. The minimum absolute atomic E-state index is 0.0862. The molecule has 2 aromatic heterocycles. The number of anilines is 2. The van der Waals surface area contributed by atoms with Crippen LogP contribution in [0.15, 0.2) is 40.8 Å². The SMILES string of the molecule is COc1cc2nc(NCCCC(=O)c3nnc(-c4cccc(F)c4)o3)nc(N)c2cc1OC. The van der Waals surface area contributed by atoms with Gasteiger partial charge in [-0.2, -0.15) is 4.98 Å². The molecule has 33 heavy (non-hydrogen) atoms. The number of benzene rings is 2. The number of carbonyl (C=O) groups is 1. The third kappa shape index (κ3) is 4.81. The number of ether oxygens (including phenoxy) is 2. The second kappa shape index (κ2) is 9.47. The maximum absolute atomic E-state index is 13.4. The van der Waals surface area contributed by atoms with Crippen molar-refractivity contribution in [2.24, 2.45) is 0 Å². The van der Waals surface area contributed by atoms with Gasteiger partial charge in [-0.25, -0.2) is 9.37 Å². The topological polar surface area (TPSA) is 138 Å². The standard InChI is InChI=1S/C22H21FN6O4/c1-31-17-10-14-15(11-18(17)32-2)26-22(27-19(14)24)25-8-4-7-16(30)21-29-28-20(33-21)12-5-3-6-13(23)9-12/h3,5-6,9-11H,4,7-8H2,1-2H3,(H3,24,25,26,27). The van der Waals surface area contributed by atoms with Crippen molar-refractivity contribution in [2.75, 3.05) is 31.8 Å². The van der Waals surface area contributed by atoms with E-state index < -0.39 is 5.82 Å². The van der Waals surface area contributed by atoms with E-state index in [0.717, 1.165) is 0 Å². The minimum atomic E-state index is -0.432. The van der Waals surface area contributed by atoms with E-state index in [1.807, 2.05) is 0 Å². The number of aromatic nitrogens is 4. The highest BCUT2D eigenvalue weighted by Gasteiger charge is 2.16. The van der Waals surface area contributed by atoms with Gasteiger partial charge in [0.15, 0.2) is 11.5 Å². The lowest BCUT2D eigenvalue weighted by molar-refractivity contribution is 0.0948. The molecule has 10 nitrogen and oxygen atoms in total. The number of nitrogen functional groups attached to an aromatic ring is 1. The Morgan fingerprint density at radius 2 is 1.91 bits per heavy atom. The largest absolute Gasteiger partial charge is 0.493 e. The van der Waals surface area contributed by atoms with Crippen molar-refractivity contribution >= 4 is 28.5 Å². The molecule has 2 heterocycles. The van der Waals surface area contributed by atoms with Gasteiger partial charge in [0.2, 0.25) is 17.6 Å². The van der Waals surface area contributed by atoms with E-state index in [-0.39, 0.29) is 29.8 Å². The molecule has 0 atom stereocenters. The van der Waals surface area contributed by atoms with Crippen LogP contribution in [0.4, 0.5) is 16.2 Å². The number of ketones is 1. The summed E-state index contributed by atoms with van der Waals surface area (Å²) in [5, 5.41) is 11.3. The first kappa shape index (κ1) is 21.9. The lowest BCUT2D eigenvalue weighted by Crippen LogP contribution is -2.09. The van der Waals surface area contributed by atoms with E-state index in [9.17, 15) is 9.18 Å². The number of carbonyl (C=O) groups excluding carboxylic acids is 1. The molecule has 0 bridgehead atoms. The number of nitrogens with one attached hydrogen (secondary N) is 1. The smallest absolute Gasteiger partial charge is 0.284 e. The molecule has 0 saturated carbocycles. The number of nitrogens with zero attached hydrogens (tertiary/aromatic N) is 4. The number of nitrogens with two attached hydrogens (primary N) is 1. The van der Waals surface area contributed by atoms with Crippen molar-refractivity contribution in [3.05, 3.63) is 48.1 Å². The Bertz CT molecular complexity index is 1310. The van der Waals surface area contributed by atoms with E-state index in [1.165, 1.54) is 32.4 Å². The molecule has 0 aliphatic rings. The Morgan fingerprint density at radius 1 is 1.12 bits per heavy atom. The number of halogens is 1. The van der Waals surface area contributed by atoms with Gasteiger partial charge in [-0.3, -0.25) is 4.79 Å². The quantitative estimate of drug-likeness (QED) is 0.286. The molecule has 4 rings (SSSR count). The summed E-state index contributed by atoms with van der Waals surface area (Å²) < 4.78 is 29.3. The van der Waals surface area contributed by atoms with E-state index in [4.69, 9.17) is 19.6 Å². The van der Waals surface area contributed by atoms with Gasteiger partial charge < -0.3 is 24.9 Å². The monoisotopic (exact) mass is 452 g/mol. The zero-order chi connectivity index (χ0) is 23.4. The number of hydrogen-bond acceptors (Lipinski definition) is 10. The van der Waals surface area contributed by atoms with Crippen LogP contribution in [0.1, 0.15) is 23.5 Å². The zero-order valence-electron chi connectivity index (χ0n) is 18.0. The summed E-state index contributed by atoms with van der Waals surface area (Å²) in [4.78, 5) is 21.1. The molecule has 0 aliphatic heterocycles. The molecule has 11 heteroatoms. The van der Waals surface area contributed by atoms with Crippen molar-refractivity contribution in [1.82, 2.24) is 20.2 Å². The van der Waals surface area contributed by atoms with Crippen molar-refractivity contribution < 1.29 is 23.1 Å². The average molecular weight is 452 g/mol. The number of fused-ring (bicyclic) bond motifs is 1.